The Bertz CT molecular complexity index is 1090. The molecule has 0 saturated heterocycles. The van der Waals surface area contributed by atoms with Crippen LogP contribution in [0.2, 0.25) is 0 Å². The molecule has 158 valence electrons. The topological polar surface area (TPSA) is 111 Å². The molecule has 0 fully saturated rings. The number of hydrogen-bond acceptors (Lipinski definition) is 5. The molecule has 1 aliphatic heterocycles. The molecule has 2 aromatic rings. The van der Waals surface area contributed by atoms with Gasteiger partial charge in [-0.2, -0.15) is 5.26 Å². The van der Waals surface area contributed by atoms with E-state index in [9.17, 15) is 24.0 Å². The second-order valence-electron chi connectivity index (χ2n) is 6.78. The number of hydrogen-bond donors (Lipinski definition) is 3. The van der Waals surface area contributed by atoms with Gasteiger partial charge in [0.25, 0.3) is 0 Å². The molecule has 0 radical (unpaired) electrons. The number of amides is 3. The third kappa shape index (κ3) is 5.71. The number of nitrogens with zero attached hydrogens (tertiary/aromatic N) is 1. The fraction of sp³-hybridized carbons (Fsp3) is 0.182. The second kappa shape index (κ2) is 9.91. The van der Waals surface area contributed by atoms with Crippen LogP contribution in [-0.4, -0.2) is 23.5 Å². The Morgan fingerprint density at radius 1 is 1.16 bits per heavy atom. The van der Waals surface area contributed by atoms with E-state index in [4.69, 9.17) is 0 Å². The summed E-state index contributed by atoms with van der Waals surface area (Å²) in [4.78, 5) is 35.5. The van der Waals surface area contributed by atoms with Gasteiger partial charge >= 0.3 is 0 Å². The molecule has 0 spiro atoms. The van der Waals surface area contributed by atoms with Gasteiger partial charge < -0.3 is 16.0 Å². The van der Waals surface area contributed by atoms with E-state index in [0.29, 0.717) is 11.4 Å². The summed E-state index contributed by atoms with van der Waals surface area (Å²) in [5.74, 6) is -2.13. The molecule has 9 heteroatoms. The van der Waals surface area contributed by atoms with Crippen LogP contribution in [0.5, 0.6) is 0 Å². The number of allylic oxidation sites excluding steroid dienone is 1. The first kappa shape index (κ1) is 22.1. The number of carbonyl (C=O) groups is 3. The highest BCUT2D eigenvalue weighted by molar-refractivity contribution is 8.03. The largest absolute Gasteiger partial charge is 0.326 e. The number of carbonyl (C=O) groups excluding carboxylic acids is 3. The van der Waals surface area contributed by atoms with E-state index in [1.165, 1.54) is 13.0 Å². The van der Waals surface area contributed by atoms with Gasteiger partial charge in [-0.15, -0.1) is 0 Å². The minimum Gasteiger partial charge on any atom is -0.326 e. The van der Waals surface area contributed by atoms with Gasteiger partial charge in [0.05, 0.1) is 22.4 Å². The molecule has 7 nitrogen and oxygen atoms in total. The van der Waals surface area contributed by atoms with Crippen molar-refractivity contribution in [2.75, 3.05) is 16.4 Å². The molecular formula is C22H19FN4O3S. The van der Waals surface area contributed by atoms with Crippen molar-refractivity contribution in [2.24, 2.45) is 0 Å². The van der Waals surface area contributed by atoms with E-state index < -0.39 is 11.7 Å². The van der Waals surface area contributed by atoms with Gasteiger partial charge in [0.2, 0.25) is 17.7 Å². The Kier molecular flexibility index (Phi) is 7.05. The summed E-state index contributed by atoms with van der Waals surface area (Å²) < 4.78 is 14.2. The summed E-state index contributed by atoms with van der Waals surface area (Å²) in [5.41, 5.74) is 1.64. The molecule has 0 saturated carbocycles. The molecule has 2 aromatic carbocycles. The summed E-state index contributed by atoms with van der Waals surface area (Å²) in [6.07, 6.45) is -0.0409. The van der Waals surface area contributed by atoms with Gasteiger partial charge in [-0.05, 0) is 35.9 Å². The molecule has 1 unspecified atom stereocenters. The monoisotopic (exact) mass is 438 g/mol. The first-order chi connectivity index (χ1) is 14.9. The van der Waals surface area contributed by atoms with Crippen LogP contribution in [0.25, 0.3) is 0 Å². The van der Waals surface area contributed by atoms with Crippen molar-refractivity contribution in [3.8, 4) is 6.07 Å². The van der Waals surface area contributed by atoms with Crippen LogP contribution < -0.4 is 16.0 Å². The van der Waals surface area contributed by atoms with Crippen molar-refractivity contribution in [2.45, 2.75) is 19.3 Å². The highest BCUT2D eigenvalue weighted by Gasteiger charge is 2.31. The number of thioether (sulfide) groups is 1. The SMILES string of the molecule is CC(=O)Nc1ccc(NC(=O)CSC2=C(C#N)C(c3ccccc3F)CC(=O)N2)cc1. The first-order valence-corrected chi connectivity index (χ1v) is 10.3. The second-order valence-corrected chi connectivity index (χ2v) is 7.76. The van der Waals surface area contributed by atoms with Crippen molar-refractivity contribution in [3.05, 3.63) is 70.5 Å². The lowest BCUT2D eigenvalue weighted by molar-refractivity contribution is -0.121. The summed E-state index contributed by atoms with van der Waals surface area (Å²) >= 11 is 1.01. The van der Waals surface area contributed by atoms with Crippen molar-refractivity contribution in [1.82, 2.24) is 5.32 Å². The maximum absolute atomic E-state index is 14.2. The zero-order chi connectivity index (χ0) is 22.4. The third-order valence-corrected chi connectivity index (χ3v) is 5.49. The van der Waals surface area contributed by atoms with Gasteiger partial charge in [0.15, 0.2) is 0 Å². The molecule has 1 aliphatic rings. The summed E-state index contributed by atoms with van der Waals surface area (Å²) in [6.45, 7) is 1.40. The van der Waals surface area contributed by atoms with Crippen LogP contribution in [0, 0.1) is 17.1 Å². The summed E-state index contributed by atoms with van der Waals surface area (Å²) in [5, 5.41) is 17.8. The molecule has 3 amide bonds. The van der Waals surface area contributed by atoms with Crippen LogP contribution in [-0.2, 0) is 14.4 Å². The third-order valence-electron chi connectivity index (χ3n) is 4.47. The molecule has 3 rings (SSSR count). The normalized spacial score (nSPS) is 15.6. The van der Waals surface area contributed by atoms with Crippen LogP contribution in [0.15, 0.2) is 59.1 Å². The van der Waals surface area contributed by atoms with Gasteiger partial charge in [0, 0.05) is 30.6 Å². The predicted octanol–water partition coefficient (Wildman–Crippen LogP) is 3.49. The Morgan fingerprint density at radius 3 is 2.42 bits per heavy atom. The number of benzene rings is 2. The Hall–Kier alpha value is -3.64. The molecule has 3 N–H and O–H groups in total. The van der Waals surface area contributed by atoms with Gasteiger partial charge in [-0.1, -0.05) is 30.0 Å². The average molecular weight is 438 g/mol. The number of anilines is 2. The Morgan fingerprint density at radius 2 is 1.81 bits per heavy atom. The van der Waals surface area contributed by atoms with Crippen molar-refractivity contribution >= 4 is 40.9 Å². The lowest BCUT2D eigenvalue weighted by atomic mass is 9.87. The highest BCUT2D eigenvalue weighted by atomic mass is 32.2. The Balaban J connectivity index is 1.69. The molecule has 0 bridgehead atoms. The molecule has 0 aromatic heterocycles. The summed E-state index contributed by atoms with van der Waals surface area (Å²) in [7, 11) is 0. The molecule has 1 heterocycles. The van der Waals surface area contributed by atoms with E-state index in [2.05, 4.69) is 22.0 Å². The lowest BCUT2D eigenvalue weighted by Crippen LogP contribution is -2.31. The number of rotatable bonds is 6. The van der Waals surface area contributed by atoms with E-state index >= 15 is 0 Å². The van der Waals surface area contributed by atoms with Crippen LogP contribution in [0.3, 0.4) is 0 Å². The number of halogens is 1. The maximum Gasteiger partial charge on any atom is 0.234 e. The van der Waals surface area contributed by atoms with Gasteiger partial charge in [-0.3, -0.25) is 14.4 Å². The van der Waals surface area contributed by atoms with E-state index in [0.717, 1.165) is 11.8 Å². The van der Waals surface area contributed by atoms with E-state index in [1.54, 1.807) is 42.5 Å². The number of nitriles is 1. The van der Waals surface area contributed by atoms with Crippen molar-refractivity contribution in [1.29, 1.82) is 5.26 Å². The molecular weight excluding hydrogens is 419 g/mol. The van der Waals surface area contributed by atoms with Gasteiger partial charge in [0.1, 0.15) is 5.82 Å². The fourth-order valence-electron chi connectivity index (χ4n) is 3.13. The fourth-order valence-corrected chi connectivity index (χ4v) is 4.01. The van der Waals surface area contributed by atoms with Crippen molar-refractivity contribution in [3.63, 3.8) is 0 Å². The molecule has 0 aliphatic carbocycles. The van der Waals surface area contributed by atoms with Crippen LogP contribution in [0.1, 0.15) is 24.8 Å². The van der Waals surface area contributed by atoms with Gasteiger partial charge in [-0.25, -0.2) is 4.39 Å². The lowest BCUT2D eigenvalue weighted by Gasteiger charge is -2.25. The average Bonchev–Trinajstić information content (AvgIpc) is 2.73. The summed E-state index contributed by atoms with van der Waals surface area (Å²) in [6, 6.07) is 14.7. The maximum atomic E-state index is 14.2. The van der Waals surface area contributed by atoms with Crippen molar-refractivity contribution < 1.29 is 18.8 Å². The minimum absolute atomic E-state index is 0.0409. The highest BCUT2D eigenvalue weighted by Crippen LogP contribution is 2.36. The van der Waals surface area contributed by atoms with E-state index in [-0.39, 0.29) is 46.1 Å². The smallest absolute Gasteiger partial charge is 0.234 e. The zero-order valence-electron chi connectivity index (χ0n) is 16.6. The molecule has 1 atom stereocenters. The van der Waals surface area contributed by atoms with E-state index in [1.807, 2.05) is 0 Å². The Labute approximate surface area is 182 Å². The predicted molar refractivity (Wildman–Crippen MR) is 116 cm³/mol. The standard InChI is InChI=1S/C22H19FN4O3S/c1-13(28)25-14-6-8-15(9-7-14)26-21(30)12-31-22-18(11-24)17(10-20(29)27-22)16-4-2-3-5-19(16)23/h2-9,17H,10,12H2,1H3,(H,25,28)(H,26,30)(H,27,29). The van der Waals surface area contributed by atoms with Crippen LogP contribution in [0.4, 0.5) is 15.8 Å². The zero-order valence-corrected chi connectivity index (χ0v) is 17.4. The number of nitrogens with one attached hydrogen (secondary N) is 3. The van der Waals surface area contributed by atoms with Crippen LogP contribution >= 0.6 is 11.8 Å². The first-order valence-electron chi connectivity index (χ1n) is 9.36. The molecule has 31 heavy (non-hydrogen) atoms. The quantitative estimate of drug-likeness (QED) is 0.639. The minimum atomic E-state index is -0.702.